The number of alkyl halides is 20. The summed E-state index contributed by atoms with van der Waals surface area (Å²) in [5.41, 5.74) is 6.60. The van der Waals surface area contributed by atoms with Gasteiger partial charge >= 0.3 is 66.3 Å². The molecule has 0 aliphatic carbocycles. The van der Waals surface area contributed by atoms with Gasteiger partial charge in [-0.3, -0.25) is 29.4 Å². The fourth-order valence-corrected chi connectivity index (χ4v) is 10.3. The number of Topliss-reactive ketones (excluding diaryl/α,β-unsaturated/α-hetero) is 1. The Balaban J connectivity index is 0.000000209. The number of halogens is 20. The maximum absolute atomic E-state index is 13.4. The molecule has 0 bridgehead atoms. The average molecular weight is 1700 g/mol. The number of carbonyl (C=O) groups is 5. The van der Waals surface area contributed by atoms with E-state index in [0.29, 0.717) is 21.9 Å². The van der Waals surface area contributed by atoms with E-state index in [9.17, 15) is 117 Å². The van der Waals surface area contributed by atoms with E-state index in [1.165, 1.54) is 76.7 Å². The van der Waals surface area contributed by atoms with E-state index in [1.807, 2.05) is 0 Å². The molecule has 52 heteroatoms. The Bertz CT molecular complexity index is 5460. The van der Waals surface area contributed by atoms with Gasteiger partial charge in [-0.15, -0.1) is 20.4 Å². The largest absolute Gasteiger partial charge is 0.468 e. The van der Waals surface area contributed by atoms with E-state index in [2.05, 4.69) is 90.2 Å². The number of hydrogen-bond donors (Lipinski definition) is 6. The lowest BCUT2D eigenvalue weighted by molar-refractivity contribution is -0.285. The third-order valence-corrected chi connectivity index (χ3v) is 17.1. The number of aromatic nitrogens is 18. The first-order valence-corrected chi connectivity index (χ1v) is 33.4. The van der Waals surface area contributed by atoms with Crippen molar-refractivity contribution in [1.29, 1.82) is 10.8 Å². The van der Waals surface area contributed by atoms with Crippen LogP contribution in [0.5, 0.6) is 0 Å². The average Bonchev–Trinajstić information content (AvgIpc) is 1.57. The Morgan fingerprint density at radius 3 is 1.25 bits per heavy atom. The minimum Gasteiger partial charge on any atom is -0.468 e. The highest BCUT2D eigenvalue weighted by Crippen LogP contribution is 2.43. The summed E-state index contributed by atoms with van der Waals surface area (Å²) in [6.45, 7) is 5.67. The highest BCUT2D eigenvalue weighted by atomic mass is 19.4. The number of aromatic amines is 1. The molecule has 638 valence electrons. The van der Waals surface area contributed by atoms with Gasteiger partial charge in [-0.25, -0.2) is 48.4 Å². The van der Waals surface area contributed by atoms with Crippen molar-refractivity contribution < 1.29 is 126 Å². The molecular formula is C66H65F20N23O9. The summed E-state index contributed by atoms with van der Waals surface area (Å²) < 4.78 is 270. The summed E-state index contributed by atoms with van der Waals surface area (Å²) in [4.78, 5) is 92.1. The predicted octanol–water partition coefficient (Wildman–Crippen LogP) is 10.3. The van der Waals surface area contributed by atoms with Crippen LogP contribution >= 0.6 is 0 Å². The number of aryl methyl sites for hydroxylation is 4. The van der Waals surface area contributed by atoms with E-state index in [-0.39, 0.29) is 92.1 Å². The Morgan fingerprint density at radius 2 is 0.873 bits per heavy atom. The lowest BCUT2D eigenvalue weighted by Crippen LogP contribution is -2.39. The molecule has 0 atom stereocenters. The van der Waals surface area contributed by atoms with Gasteiger partial charge in [0, 0.05) is 88.6 Å². The fourth-order valence-electron chi connectivity index (χ4n) is 10.3. The molecule has 11 rings (SSSR count). The van der Waals surface area contributed by atoms with Gasteiger partial charge in [0.15, 0.2) is 34.2 Å². The van der Waals surface area contributed by atoms with Crippen LogP contribution in [-0.4, -0.2) is 207 Å². The van der Waals surface area contributed by atoms with E-state index < -0.39 is 152 Å². The number of anilines is 1. The molecule has 1 aliphatic rings. The Morgan fingerprint density at radius 1 is 0.500 bits per heavy atom. The first-order chi connectivity index (χ1) is 54.4. The molecule has 10 aromatic rings. The van der Waals surface area contributed by atoms with Crippen LogP contribution in [0.25, 0.3) is 67.2 Å². The third kappa shape index (κ3) is 20.0. The summed E-state index contributed by atoms with van der Waals surface area (Å²) in [5.74, 6) is -23.6. The van der Waals surface area contributed by atoms with Gasteiger partial charge in [0.25, 0.3) is 11.3 Å². The standard InChI is InChI=1S/C18H17F5N6O3.C17H14F5N7O.C12H12F5N5.C11H10F5N5.C8H12O5/c1-16(2,15(31)32-3)11-14(30)25-12(27-26-11)10-9-5-4-7-24-13(9)29(28-10)8-6-17(19,20)18(21,22)23;1-15(2)10-12(25-14(15)30)24-11(27-26-10)9-8-4-3-6-23-13(8)29(28-9)7-5-16(18,19)17(20,21)22;13-11(14,12(15,16)17)3-5-22-10-7(2-1-4-20-10)9(21-22)8(19)6-18;12-10(13,11(14,15)16)3-5-21-9-6(2-1-4-19-9)7(20-21)8(17)18;1-8(2,7(11)13-4)5(9)6(10)12-3/h4-5,7H,6,8H2,1-3H3,(H,25,27,30);3-4,6H,5,7H2,1-2H3,(H,24,25,27,30);1-2,4,19H,3,5-6,18H2;1-2,4H,3,5H2,(H3,17,18);1-4H3. The summed E-state index contributed by atoms with van der Waals surface area (Å²) in [7, 11) is 3.37. The Kier molecular flexibility index (Phi) is 27.3. The number of rotatable bonds is 22. The van der Waals surface area contributed by atoms with Gasteiger partial charge in [0.05, 0.1) is 48.6 Å². The molecule has 1 aliphatic heterocycles. The Hall–Kier alpha value is -12.5. The Labute approximate surface area is 647 Å². The quantitative estimate of drug-likeness (QED) is 0.00698. The zero-order valence-corrected chi connectivity index (χ0v) is 62.3. The molecule has 0 saturated carbocycles. The monoisotopic (exact) mass is 1700 g/mol. The van der Waals surface area contributed by atoms with Crippen LogP contribution in [0.1, 0.15) is 90.0 Å². The number of H-pyrrole nitrogens is 1. The first kappa shape index (κ1) is 92.7. The molecule has 0 fully saturated rings. The van der Waals surface area contributed by atoms with Crippen LogP contribution in [0, 0.1) is 16.2 Å². The molecule has 0 aromatic carbocycles. The van der Waals surface area contributed by atoms with Crippen molar-refractivity contribution in [3.63, 3.8) is 0 Å². The zero-order valence-electron chi connectivity index (χ0n) is 62.3. The fraction of sp³-hybridized carbons (Fsp3) is 0.439. The summed E-state index contributed by atoms with van der Waals surface area (Å²) >= 11 is 0. The van der Waals surface area contributed by atoms with E-state index >= 15 is 0 Å². The third-order valence-electron chi connectivity index (χ3n) is 17.1. The van der Waals surface area contributed by atoms with Gasteiger partial charge in [0.2, 0.25) is 11.7 Å². The van der Waals surface area contributed by atoms with Crippen molar-refractivity contribution in [1.82, 2.24) is 89.4 Å². The maximum atomic E-state index is 13.4. The zero-order chi connectivity index (χ0) is 88.8. The van der Waals surface area contributed by atoms with Crippen LogP contribution < -0.4 is 22.3 Å². The van der Waals surface area contributed by atoms with Gasteiger partial charge < -0.3 is 41.4 Å². The number of nitrogens with two attached hydrogens (primary N) is 2. The number of amides is 1. The van der Waals surface area contributed by atoms with E-state index in [1.54, 1.807) is 38.1 Å². The van der Waals surface area contributed by atoms with Crippen LogP contribution in [0.2, 0.25) is 0 Å². The smallest absolute Gasteiger partial charge is 0.453 e. The van der Waals surface area contributed by atoms with E-state index in [0.717, 1.165) is 40.1 Å². The highest BCUT2D eigenvalue weighted by molar-refractivity contribution is 6.39. The highest BCUT2D eigenvalue weighted by Gasteiger charge is 2.60. The van der Waals surface area contributed by atoms with Crippen molar-refractivity contribution in [2.24, 2.45) is 16.9 Å². The van der Waals surface area contributed by atoms with E-state index in [4.69, 9.17) is 22.3 Å². The van der Waals surface area contributed by atoms with Gasteiger partial charge in [0.1, 0.15) is 50.8 Å². The SMILES string of the molecule is CC1(C)C(=O)Nc2nc(-c3nn(CCC(F)(F)C(F)(F)F)c4ncccc34)nnc21.COC(=O)C(=O)C(C)(C)C(=O)OC.COC(=O)C(C)(C)c1nnc(-c2nn(CCC(F)(F)C(F)(F)F)c3ncccc23)[nH]c1=O.N=C(CN)c1nn(CCC(F)(F)C(F)(F)F)c2ncccc12.N=C(N)c1nn(CCC(F)(F)C(F)(F)F)c2ncccc12. The number of ether oxygens (including phenoxy) is 3. The van der Waals surface area contributed by atoms with Crippen molar-refractivity contribution in [2.45, 2.75) is 153 Å². The number of fused-ring (bicyclic) bond motifs is 5. The molecule has 11 heterocycles. The molecule has 0 spiro atoms. The molecule has 118 heavy (non-hydrogen) atoms. The predicted molar refractivity (Wildman–Crippen MR) is 369 cm³/mol. The lowest BCUT2D eigenvalue weighted by atomic mass is 9.88. The number of hydrogen-bond acceptors (Lipinski definition) is 25. The second kappa shape index (κ2) is 34.8. The van der Waals surface area contributed by atoms with Crippen LogP contribution in [0.15, 0.2) is 78.1 Å². The van der Waals surface area contributed by atoms with Crippen LogP contribution in [0.3, 0.4) is 0 Å². The van der Waals surface area contributed by atoms with Crippen molar-refractivity contribution >= 4 is 91.1 Å². The minimum absolute atomic E-state index is 0.00609. The van der Waals surface area contributed by atoms with Gasteiger partial charge in [-0.2, -0.15) is 108 Å². The van der Waals surface area contributed by atoms with Crippen LogP contribution in [-0.2, 0) is 75.2 Å². The number of nitrogen functional groups attached to an aromatic ring is 1. The van der Waals surface area contributed by atoms with Crippen LogP contribution in [0.4, 0.5) is 93.6 Å². The van der Waals surface area contributed by atoms with Gasteiger partial charge in [-0.1, -0.05) is 0 Å². The summed E-state index contributed by atoms with van der Waals surface area (Å²) in [5, 5.41) is 50.3. The molecule has 0 saturated heterocycles. The molecule has 0 unspecified atom stereocenters. The van der Waals surface area contributed by atoms with Crippen molar-refractivity contribution in [2.75, 3.05) is 33.2 Å². The normalized spacial score (nSPS) is 13.4. The lowest BCUT2D eigenvalue weighted by Gasteiger charge is -2.19. The number of carbonyl (C=O) groups excluding carboxylic acids is 5. The number of methoxy groups -OCH3 is 3. The molecule has 1 amide bonds. The molecule has 8 N–H and O–H groups in total. The minimum atomic E-state index is -5.70. The number of ketones is 1. The maximum Gasteiger partial charge on any atom is 0.453 e. The number of nitrogens with zero attached hydrogens (tertiary/aromatic N) is 17. The molecule has 0 radical (unpaired) electrons. The van der Waals surface area contributed by atoms with Crippen molar-refractivity contribution in [3.05, 3.63) is 106 Å². The molecule has 10 aromatic heterocycles. The number of amidine groups is 1. The second-order valence-corrected chi connectivity index (χ2v) is 26.5. The topological polar surface area (TPSA) is 445 Å². The molecule has 32 nitrogen and oxygen atoms in total. The van der Waals surface area contributed by atoms with Crippen molar-refractivity contribution in [3.8, 4) is 23.0 Å². The summed E-state index contributed by atoms with van der Waals surface area (Å²) in [6, 6.07) is 12.2. The second-order valence-electron chi connectivity index (χ2n) is 26.5. The number of nitrogens with one attached hydrogen (secondary N) is 4. The first-order valence-electron chi connectivity index (χ1n) is 33.4. The van der Waals surface area contributed by atoms with Gasteiger partial charge in [-0.05, 0) is 90.1 Å². The summed E-state index contributed by atoms with van der Waals surface area (Å²) in [6.07, 6.45) is -23.2. The molecular weight excluding hydrogens is 1640 g/mol. The number of esters is 3. The number of pyridine rings is 4.